The van der Waals surface area contributed by atoms with E-state index in [1.807, 2.05) is 0 Å². The van der Waals surface area contributed by atoms with E-state index in [0.29, 0.717) is 32.9 Å². The van der Waals surface area contributed by atoms with E-state index < -0.39 is 5.92 Å². The molecule has 1 unspecified atom stereocenters. The summed E-state index contributed by atoms with van der Waals surface area (Å²) >= 11 is 12.1. The van der Waals surface area contributed by atoms with Crippen LogP contribution in [0.1, 0.15) is 6.42 Å². The summed E-state index contributed by atoms with van der Waals surface area (Å²) in [5.74, 6) is 0.124. The summed E-state index contributed by atoms with van der Waals surface area (Å²) in [6, 6.07) is 9.99. The average Bonchev–Trinajstić information content (AvgIpc) is 3.03. The number of carbonyl (C=O) groups is 2. The maximum atomic E-state index is 12.6. The van der Waals surface area contributed by atoms with Crippen LogP contribution < -0.4 is 19.7 Å². The number of ether oxygens (including phenoxy) is 2. The fourth-order valence-electron chi connectivity index (χ4n) is 2.98. The van der Waals surface area contributed by atoms with Gasteiger partial charge >= 0.3 is 0 Å². The number of hydrogen-bond acceptors (Lipinski definition) is 4. The van der Waals surface area contributed by atoms with E-state index >= 15 is 0 Å². The molecule has 0 aromatic heterocycles. The van der Waals surface area contributed by atoms with Crippen LogP contribution in [0.4, 0.5) is 11.4 Å². The highest BCUT2D eigenvalue weighted by atomic mass is 35.5. The van der Waals surface area contributed by atoms with Crippen molar-refractivity contribution < 1.29 is 19.1 Å². The third-order valence-electron chi connectivity index (χ3n) is 4.35. The van der Waals surface area contributed by atoms with Gasteiger partial charge in [0.05, 0.1) is 30.8 Å². The van der Waals surface area contributed by atoms with Gasteiger partial charge in [-0.2, -0.15) is 0 Å². The van der Waals surface area contributed by atoms with Crippen molar-refractivity contribution in [2.75, 3.05) is 31.0 Å². The van der Waals surface area contributed by atoms with Crippen molar-refractivity contribution in [3.63, 3.8) is 0 Å². The number of carbonyl (C=O) groups excluding carboxylic acids is 2. The molecule has 8 heteroatoms. The van der Waals surface area contributed by atoms with E-state index in [4.69, 9.17) is 32.7 Å². The predicted octanol–water partition coefficient (Wildman–Crippen LogP) is 4.00. The maximum absolute atomic E-state index is 12.6. The van der Waals surface area contributed by atoms with E-state index in [0.717, 1.165) is 0 Å². The minimum atomic E-state index is -0.498. The molecule has 1 saturated heterocycles. The van der Waals surface area contributed by atoms with Crippen LogP contribution in [0.2, 0.25) is 10.0 Å². The van der Waals surface area contributed by atoms with Crippen LogP contribution in [-0.2, 0) is 9.59 Å². The van der Waals surface area contributed by atoms with Gasteiger partial charge in [-0.3, -0.25) is 9.59 Å². The molecule has 1 aliphatic rings. The topological polar surface area (TPSA) is 67.9 Å². The predicted molar refractivity (Wildman–Crippen MR) is 105 cm³/mol. The summed E-state index contributed by atoms with van der Waals surface area (Å²) in [4.78, 5) is 26.6. The zero-order valence-corrected chi connectivity index (χ0v) is 16.3. The largest absolute Gasteiger partial charge is 0.495 e. The Morgan fingerprint density at radius 3 is 2.48 bits per heavy atom. The van der Waals surface area contributed by atoms with E-state index in [-0.39, 0.29) is 24.8 Å². The fraction of sp³-hybridized carbons (Fsp3) is 0.263. The Labute approximate surface area is 167 Å². The van der Waals surface area contributed by atoms with Gasteiger partial charge in [0.25, 0.3) is 0 Å². The molecule has 2 aromatic carbocycles. The Kier molecular flexibility index (Phi) is 5.77. The van der Waals surface area contributed by atoms with Gasteiger partial charge in [-0.1, -0.05) is 23.2 Å². The number of halogens is 2. The highest BCUT2D eigenvalue weighted by Gasteiger charge is 2.36. The molecule has 142 valence electrons. The monoisotopic (exact) mass is 408 g/mol. The quantitative estimate of drug-likeness (QED) is 0.811. The van der Waals surface area contributed by atoms with Crippen LogP contribution >= 0.6 is 23.2 Å². The van der Waals surface area contributed by atoms with Gasteiger partial charge in [0, 0.05) is 23.7 Å². The Morgan fingerprint density at radius 2 is 1.81 bits per heavy atom. The lowest BCUT2D eigenvalue weighted by atomic mass is 10.1. The zero-order chi connectivity index (χ0) is 19.6. The number of hydrogen-bond donors (Lipinski definition) is 1. The van der Waals surface area contributed by atoms with Crippen LogP contribution in [0.25, 0.3) is 0 Å². The normalized spacial score (nSPS) is 16.4. The maximum Gasteiger partial charge on any atom is 0.229 e. The molecule has 0 bridgehead atoms. The Morgan fingerprint density at radius 1 is 1.11 bits per heavy atom. The summed E-state index contributed by atoms with van der Waals surface area (Å²) in [7, 11) is 3.03. The summed E-state index contributed by atoms with van der Waals surface area (Å²) in [5, 5.41) is 3.67. The van der Waals surface area contributed by atoms with Gasteiger partial charge in [-0.25, -0.2) is 0 Å². The fourth-order valence-corrected chi connectivity index (χ4v) is 3.40. The number of amides is 2. The van der Waals surface area contributed by atoms with Crippen LogP contribution in [0.3, 0.4) is 0 Å². The number of nitrogens with zero attached hydrogens (tertiary/aromatic N) is 1. The number of methoxy groups -OCH3 is 2. The number of benzene rings is 2. The second-order valence-electron chi connectivity index (χ2n) is 6.06. The van der Waals surface area contributed by atoms with Crippen molar-refractivity contribution in [2.24, 2.45) is 5.92 Å². The summed E-state index contributed by atoms with van der Waals surface area (Å²) < 4.78 is 10.4. The molecule has 2 amide bonds. The molecule has 27 heavy (non-hydrogen) atoms. The first-order valence-corrected chi connectivity index (χ1v) is 8.97. The van der Waals surface area contributed by atoms with Gasteiger partial charge in [0.2, 0.25) is 11.8 Å². The Balaban J connectivity index is 1.74. The lowest BCUT2D eigenvalue weighted by Crippen LogP contribution is -2.28. The molecule has 1 atom stereocenters. The van der Waals surface area contributed by atoms with E-state index in [9.17, 15) is 9.59 Å². The molecule has 2 aromatic rings. The molecular formula is C19H18Cl2N2O4. The third-order valence-corrected chi connectivity index (χ3v) is 4.88. The highest BCUT2D eigenvalue weighted by Crippen LogP contribution is 2.35. The van der Waals surface area contributed by atoms with Crippen LogP contribution in [-0.4, -0.2) is 32.6 Å². The van der Waals surface area contributed by atoms with Gasteiger partial charge in [-0.05, 0) is 36.4 Å². The third kappa shape index (κ3) is 4.12. The molecular weight excluding hydrogens is 391 g/mol. The number of nitrogens with one attached hydrogen (secondary N) is 1. The lowest BCUT2D eigenvalue weighted by Gasteiger charge is -2.20. The molecule has 3 rings (SSSR count). The smallest absolute Gasteiger partial charge is 0.229 e. The SMILES string of the molecule is COc1ccc(NC(=O)C2CC(=O)N(c3cc(Cl)ccc3OC)C2)cc1Cl. The Bertz CT molecular complexity index is 888. The lowest BCUT2D eigenvalue weighted by molar-refractivity contribution is -0.122. The van der Waals surface area contributed by atoms with Gasteiger partial charge in [0.1, 0.15) is 11.5 Å². The van der Waals surface area contributed by atoms with Crippen molar-refractivity contribution >= 4 is 46.4 Å². The van der Waals surface area contributed by atoms with Gasteiger partial charge in [-0.15, -0.1) is 0 Å². The van der Waals surface area contributed by atoms with Crippen molar-refractivity contribution in [3.8, 4) is 11.5 Å². The molecule has 1 N–H and O–H groups in total. The van der Waals surface area contributed by atoms with E-state index in [1.54, 1.807) is 36.4 Å². The molecule has 1 heterocycles. The van der Waals surface area contributed by atoms with Crippen molar-refractivity contribution in [1.82, 2.24) is 0 Å². The molecule has 0 radical (unpaired) electrons. The molecule has 6 nitrogen and oxygen atoms in total. The Hall–Kier alpha value is -2.44. The summed E-state index contributed by atoms with van der Waals surface area (Å²) in [5.41, 5.74) is 1.09. The molecule has 1 fully saturated rings. The van der Waals surface area contributed by atoms with E-state index in [2.05, 4.69) is 5.32 Å². The number of rotatable bonds is 5. The minimum Gasteiger partial charge on any atom is -0.495 e. The highest BCUT2D eigenvalue weighted by molar-refractivity contribution is 6.32. The summed E-state index contributed by atoms with van der Waals surface area (Å²) in [6.45, 7) is 0.241. The molecule has 0 saturated carbocycles. The van der Waals surface area contributed by atoms with Crippen LogP contribution in [0, 0.1) is 5.92 Å². The van der Waals surface area contributed by atoms with E-state index in [1.165, 1.54) is 19.1 Å². The first-order valence-electron chi connectivity index (χ1n) is 8.21. The minimum absolute atomic E-state index is 0.103. The van der Waals surface area contributed by atoms with Crippen molar-refractivity contribution in [1.29, 1.82) is 0 Å². The average molecular weight is 409 g/mol. The molecule has 1 aliphatic heterocycles. The first kappa shape index (κ1) is 19.3. The first-order chi connectivity index (χ1) is 12.9. The van der Waals surface area contributed by atoms with Crippen molar-refractivity contribution in [2.45, 2.75) is 6.42 Å². The van der Waals surface area contributed by atoms with Gasteiger partial charge < -0.3 is 19.7 Å². The van der Waals surface area contributed by atoms with Gasteiger partial charge in [0.15, 0.2) is 0 Å². The van der Waals surface area contributed by atoms with Crippen LogP contribution in [0.5, 0.6) is 11.5 Å². The zero-order valence-electron chi connectivity index (χ0n) is 14.8. The van der Waals surface area contributed by atoms with Crippen LogP contribution in [0.15, 0.2) is 36.4 Å². The van der Waals surface area contributed by atoms with Crippen molar-refractivity contribution in [3.05, 3.63) is 46.4 Å². The molecule has 0 spiro atoms. The second kappa shape index (κ2) is 8.06. The molecule has 0 aliphatic carbocycles. The standard InChI is InChI=1S/C19H18Cl2N2O4/c1-26-16-6-4-13(9-14(16)21)22-19(25)11-7-18(24)23(10-11)15-8-12(20)3-5-17(15)27-2/h3-6,8-9,11H,7,10H2,1-2H3,(H,22,25). The number of anilines is 2. The summed E-state index contributed by atoms with van der Waals surface area (Å²) in [6.07, 6.45) is 0.103. The second-order valence-corrected chi connectivity index (χ2v) is 6.90.